The molecule has 5 nitrogen and oxygen atoms in total. The number of nitrogens with one attached hydrogen (secondary N) is 1. The van der Waals surface area contributed by atoms with E-state index in [1.807, 2.05) is 24.3 Å². The third kappa shape index (κ3) is 2.70. The number of fused-ring (bicyclic) bond motifs is 2. The molecule has 120 valence electrons. The van der Waals surface area contributed by atoms with Crippen molar-refractivity contribution in [1.29, 1.82) is 0 Å². The molecule has 2 aromatic heterocycles. The third-order valence-electron chi connectivity index (χ3n) is 3.77. The molecular formula is C17H13BrN4OS. The number of rotatable bonds is 3. The summed E-state index contributed by atoms with van der Waals surface area (Å²) in [6, 6.07) is 13.6. The van der Waals surface area contributed by atoms with E-state index >= 15 is 0 Å². The summed E-state index contributed by atoms with van der Waals surface area (Å²) in [5.74, 6) is 0. The average Bonchev–Trinajstić information content (AvgIpc) is 2.99. The molecule has 1 N–H and O–H groups in total. The fourth-order valence-electron chi connectivity index (χ4n) is 2.48. The number of aryl methyl sites for hydroxylation is 1. The summed E-state index contributed by atoms with van der Waals surface area (Å²) in [4.78, 5) is 17.7. The zero-order valence-corrected chi connectivity index (χ0v) is 15.2. The summed E-state index contributed by atoms with van der Waals surface area (Å²) >= 11 is 4.74. The van der Waals surface area contributed by atoms with E-state index in [9.17, 15) is 4.79 Å². The van der Waals surface area contributed by atoms with Crippen molar-refractivity contribution in [2.24, 2.45) is 0 Å². The van der Waals surface area contributed by atoms with Crippen molar-refractivity contribution < 1.29 is 0 Å². The maximum Gasteiger partial charge on any atom is 0.283 e. The Labute approximate surface area is 150 Å². The molecule has 0 saturated heterocycles. The van der Waals surface area contributed by atoms with Crippen LogP contribution in [0.5, 0.6) is 0 Å². The molecule has 0 saturated carbocycles. The molecule has 0 radical (unpaired) electrons. The van der Waals surface area contributed by atoms with Crippen LogP contribution in [0.15, 0.2) is 51.7 Å². The highest BCUT2D eigenvalue weighted by Gasteiger charge is 2.11. The molecule has 0 aliphatic rings. The van der Waals surface area contributed by atoms with Crippen LogP contribution in [0.2, 0.25) is 0 Å². The lowest BCUT2D eigenvalue weighted by molar-refractivity contribution is 0.919. The first kappa shape index (κ1) is 15.3. The van der Waals surface area contributed by atoms with Crippen molar-refractivity contribution in [3.05, 3.63) is 62.9 Å². The topological polar surface area (TPSA) is 59.3 Å². The zero-order valence-electron chi connectivity index (χ0n) is 12.8. The Morgan fingerprint density at radius 1 is 1.21 bits per heavy atom. The van der Waals surface area contributed by atoms with Gasteiger partial charge >= 0.3 is 0 Å². The Morgan fingerprint density at radius 2 is 2.00 bits per heavy atom. The number of hydrogen-bond acceptors (Lipinski definition) is 5. The first-order chi connectivity index (χ1) is 11.6. The van der Waals surface area contributed by atoms with Crippen LogP contribution >= 0.6 is 27.3 Å². The van der Waals surface area contributed by atoms with E-state index in [-0.39, 0.29) is 5.56 Å². The number of benzene rings is 2. The molecule has 0 aliphatic heterocycles. The zero-order chi connectivity index (χ0) is 16.7. The van der Waals surface area contributed by atoms with Crippen LogP contribution in [0.4, 0.5) is 10.8 Å². The van der Waals surface area contributed by atoms with E-state index < -0.39 is 0 Å². The van der Waals surface area contributed by atoms with Crippen LogP contribution in [0.25, 0.3) is 15.9 Å². The quantitative estimate of drug-likeness (QED) is 0.554. The van der Waals surface area contributed by atoms with Crippen molar-refractivity contribution in [2.45, 2.75) is 13.3 Å². The highest BCUT2D eigenvalue weighted by atomic mass is 79.9. The molecule has 0 bridgehead atoms. The van der Waals surface area contributed by atoms with Gasteiger partial charge in [-0.15, -0.1) is 5.10 Å². The van der Waals surface area contributed by atoms with E-state index in [1.54, 1.807) is 6.07 Å². The van der Waals surface area contributed by atoms with Gasteiger partial charge in [0.05, 0.1) is 10.9 Å². The second kappa shape index (κ2) is 5.99. The highest BCUT2D eigenvalue weighted by molar-refractivity contribution is 9.10. The minimum atomic E-state index is -0.165. The molecule has 2 heterocycles. The first-order valence-electron chi connectivity index (χ1n) is 7.49. The van der Waals surface area contributed by atoms with Gasteiger partial charge in [-0.25, -0.2) is 4.98 Å². The van der Waals surface area contributed by atoms with Crippen LogP contribution in [-0.2, 0) is 6.42 Å². The van der Waals surface area contributed by atoms with Gasteiger partial charge in [0.1, 0.15) is 0 Å². The average molecular weight is 401 g/mol. The second-order valence-electron chi connectivity index (χ2n) is 5.36. The molecule has 0 spiro atoms. The molecule has 0 unspecified atom stereocenters. The summed E-state index contributed by atoms with van der Waals surface area (Å²) in [6.07, 6.45) is 1.00. The molecule has 24 heavy (non-hydrogen) atoms. The largest absolute Gasteiger partial charge is 0.330 e. The normalized spacial score (nSPS) is 11.2. The standard InChI is InChI=1S/C17H13BrN4OS/c1-2-10-3-6-12(7-4-10)19-16-21-22-15(23)13-9-11(18)5-8-14(13)20-17(22)24-16/h3-9H,2H2,1H3,(H,19,21). The Bertz CT molecular complexity index is 1100. The van der Waals surface area contributed by atoms with Crippen molar-refractivity contribution in [2.75, 3.05) is 5.32 Å². The van der Waals surface area contributed by atoms with Crippen LogP contribution in [0, 0.1) is 0 Å². The van der Waals surface area contributed by atoms with Crippen molar-refractivity contribution >= 4 is 53.9 Å². The van der Waals surface area contributed by atoms with Gasteiger partial charge < -0.3 is 5.32 Å². The fourth-order valence-corrected chi connectivity index (χ4v) is 3.66. The lowest BCUT2D eigenvalue weighted by Gasteiger charge is -2.02. The second-order valence-corrected chi connectivity index (χ2v) is 7.23. The van der Waals surface area contributed by atoms with E-state index in [2.05, 4.69) is 50.4 Å². The maximum atomic E-state index is 12.6. The third-order valence-corrected chi connectivity index (χ3v) is 5.09. The minimum absolute atomic E-state index is 0.165. The van der Waals surface area contributed by atoms with Gasteiger partial charge in [-0.3, -0.25) is 4.79 Å². The van der Waals surface area contributed by atoms with Gasteiger partial charge in [-0.05, 0) is 42.3 Å². The summed E-state index contributed by atoms with van der Waals surface area (Å²) in [7, 11) is 0. The molecule has 0 aliphatic carbocycles. The molecule has 4 rings (SSSR count). The molecule has 0 amide bonds. The Morgan fingerprint density at radius 3 is 2.75 bits per heavy atom. The Balaban J connectivity index is 1.78. The summed E-state index contributed by atoms with van der Waals surface area (Å²) in [5, 5.41) is 8.78. The first-order valence-corrected chi connectivity index (χ1v) is 9.10. The van der Waals surface area contributed by atoms with Crippen LogP contribution < -0.4 is 10.9 Å². The van der Waals surface area contributed by atoms with E-state index in [0.29, 0.717) is 21.0 Å². The lowest BCUT2D eigenvalue weighted by Crippen LogP contribution is -2.15. The number of anilines is 2. The summed E-state index contributed by atoms with van der Waals surface area (Å²) in [5.41, 5.74) is 2.72. The van der Waals surface area contributed by atoms with Crippen molar-refractivity contribution in [3.8, 4) is 0 Å². The van der Waals surface area contributed by atoms with Crippen LogP contribution in [-0.4, -0.2) is 14.6 Å². The van der Waals surface area contributed by atoms with Crippen LogP contribution in [0.3, 0.4) is 0 Å². The van der Waals surface area contributed by atoms with Crippen molar-refractivity contribution in [1.82, 2.24) is 14.6 Å². The van der Waals surface area contributed by atoms with Gasteiger partial charge in [-0.2, -0.15) is 4.52 Å². The predicted molar refractivity (Wildman–Crippen MR) is 101 cm³/mol. The lowest BCUT2D eigenvalue weighted by atomic mass is 10.1. The molecule has 4 aromatic rings. The number of aromatic nitrogens is 3. The molecular weight excluding hydrogens is 388 g/mol. The number of hydrogen-bond donors (Lipinski definition) is 1. The minimum Gasteiger partial charge on any atom is -0.330 e. The van der Waals surface area contributed by atoms with Crippen LogP contribution in [0.1, 0.15) is 12.5 Å². The smallest absolute Gasteiger partial charge is 0.283 e. The van der Waals surface area contributed by atoms with E-state index in [1.165, 1.54) is 21.4 Å². The molecule has 2 aromatic carbocycles. The summed E-state index contributed by atoms with van der Waals surface area (Å²) in [6.45, 7) is 2.12. The van der Waals surface area contributed by atoms with Gasteiger partial charge in [-0.1, -0.05) is 46.3 Å². The van der Waals surface area contributed by atoms with Crippen molar-refractivity contribution in [3.63, 3.8) is 0 Å². The number of nitrogens with zero attached hydrogens (tertiary/aromatic N) is 3. The van der Waals surface area contributed by atoms with Gasteiger partial charge in [0.15, 0.2) is 0 Å². The van der Waals surface area contributed by atoms with E-state index in [0.717, 1.165) is 16.6 Å². The van der Waals surface area contributed by atoms with Gasteiger partial charge in [0, 0.05) is 10.2 Å². The molecule has 7 heteroatoms. The van der Waals surface area contributed by atoms with Gasteiger partial charge in [0.25, 0.3) is 5.56 Å². The maximum absolute atomic E-state index is 12.6. The Hall–Kier alpha value is -2.25. The molecule has 0 fully saturated rings. The SMILES string of the molecule is CCc1ccc(Nc2nn3c(=O)c4cc(Br)ccc4nc3s2)cc1. The Kier molecular flexibility index (Phi) is 3.82. The molecule has 0 atom stereocenters. The summed E-state index contributed by atoms with van der Waals surface area (Å²) < 4.78 is 2.20. The number of halogens is 1. The van der Waals surface area contributed by atoms with Gasteiger partial charge in [0.2, 0.25) is 10.1 Å². The highest BCUT2D eigenvalue weighted by Crippen LogP contribution is 2.24. The predicted octanol–water partition coefficient (Wildman–Crippen LogP) is 4.37. The fraction of sp³-hybridized carbons (Fsp3) is 0.118. The van der Waals surface area contributed by atoms with E-state index in [4.69, 9.17) is 0 Å². The monoisotopic (exact) mass is 400 g/mol.